The molecule has 6 heteroatoms. The second-order valence-corrected chi connectivity index (χ2v) is 5.87. The summed E-state index contributed by atoms with van der Waals surface area (Å²) in [5.41, 5.74) is 0.244. The van der Waals surface area contributed by atoms with E-state index in [9.17, 15) is 4.79 Å². The van der Waals surface area contributed by atoms with Crippen molar-refractivity contribution in [2.45, 2.75) is 52.6 Å². The van der Waals surface area contributed by atoms with E-state index in [0.29, 0.717) is 19.0 Å². The molecule has 0 radical (unpaired) electrons. The van der Waals surface area contributed by atoms with Gasteiger partial charge in [0, 0.05) is 19.1 Å². The fourth-order valence-electron chi connectivity index (χ4n) is 1.65. The first-order valence-corrected chi connectivity index (χ1v) is 7.71. The van der Waals surface area contributed by atoms with Crippen molar-refractivity contribution in [3.8, 4) is 0 Å². The van der Waals surface area contributed by atoms with Crippen molar-refractivity contribution in [2.75, 3.05) is 13.2 Å². The van der Waals surface area contributed by atoms with Gasteiger partial charge in [0.05, 0.1) is 17.3 Å². The van der Waals surface area contributed by atoms with Crippen LogP contribution in [0.4, 0.5) is 0 Å². The Morgan fingerprint density at radius 2 is 2.05 bits per heavy atom. The highest BCUT2D eigenvalue weighted by Gasteiger charge is 2.14. The fourth-order valence-corrected chi connectivity index (χ4v) is 1.83. The van der Waals surface area contributed by atoms with Crippen LogP contribution < -0.4 is 5.32 Å². The van der Waals surface area contributed by atoms with Crippen molar-refractivity contribution in [1.82, 2.24) is 15.3 Å². The zero-order valence-corrected chi connectivity index (χ0v) is 13.9. The summed E-state index contributed by atoms with van der Waals surface area (Å²) in [7, 11) is 0. The van der Waals surface area contributed by atoms with Crippen molar-refractivity contribution in [3.05, 3.63) is 22.7 Å². The van der Waals surface area contributed by atoms with Gasteiger partial charge in [0.2, 0.25) is 0 Å². The fraction of sp³-hybridized carbons (Fsp3) is 0.667. The van der Waals surface area contributed by atoms with Gasteiger partial charge < -0.3 is 10.1 Å². The minimum Gasteiger partial charge on any atom is -0.379 e. The Kier molecular flexibility index (Phi) is 7.61. The van der Waals surface area contributed by atoms with Crippen LogP contribution >= 0.6 is 11.6 Å². The molecule has 0 unspecified atom stereocenters. The van der Waals surface area contributed by atoms with Crippen LogP contribution in [-0.4, -0.2) is 35.1 Å². The van der Waals surface area contributed by atoms with Gasteiger partial charge in [0.1, 0.15) is 11.5 Å². The molecule has 1 heterocycles. The van der Waals surface area contributed by atoms with Crippen LogP contribution in [0, 0.1) is 0 Å². The van der Waals surface area contributed by atoms with Gasteiger partial charge in [-0.1, -0.05) is 25.4 Å². The molecule has 1 N–H and O–H groups in total. The summed E-state index contributed by atoms with van der Waals surface area (Å²) in [6, 6.07) is 0. The van der Waals surface area contributed by atoms with Gasteiger partial charge in [-0.15, -0.1) is 0 Å². The van der Waals surface area contributed by atoms with E-state index in [1.807, 2.05) is 27.7 Å². The summed E-state index contributed by atoms with van der Waals surface area (Å²) in [5, 5.41) is 3.10. The van der Waals surface area contributed by atoms with Crippen LogP contribution in [0.1, 0.15) is 62.8 Å². The maximum atomic E-state index is 12.1. The molecule has 0 saturated carbocycles. The lowest BCUT2D eigenvalue weighted by Gasteiger charge is -2.09. The largest absolute Gasteiger partial charge is 0.379 e. The van der Waals surface area contributed by atoms with Crippen LogP contribution in [0.5, 0.6) is 0 Å². The van der Waals surface area contributed by atoms with Crippen LogP contribution in [0.3, 0.4) is 0 Å². The predicted molar refractivity (Wildman–Crippen MR) is 83.8 cm³/mol. The van der Waals surface area contributed by atoms with E-state index in [0.717, 1.165) is 12.8 Å². The second kappa shape index (κ2) is 8.95. The minimum atomic E-state index is -0.255. The van der Waals surface area contributed by atoms with Gasteiger partial charge in [0.15, 0.2) is 0 Å². The van der Waals surface area contributed by atoms with E-state index in [1.54, 1.807) is 0 Å². The van der Waals surface area contributed by atoms with Gasteiger partial charge in [-0.25, -0.2) is 9.97 Å². The number of hydrogen-bond acceptors (Lipinski definition) is 4. The molecule has 0 bridgehead atoms. The molecule has 0 spiro atoms. The molecular weight excluding hydrogens is 290 g/mol. The summed E-state index contributed by atoms with van der Waals surface area (Å²) in [6.07, 6.45) is 3.50. The van der Waals surface area contributed by atoms with Gasteiger partial charge in [-0.3, -0.25) is 4.79 Å². The first-order chi connectivity index (χ1) is 9.91. The summed E-state index contributed by atoms with van der Waals surface area (Å²) in [5.74, 6) is 0.519. The molecule has 0 atom stereocenters. The van der Waals surface area contributed by atoms with Gasteiger partial charge >= 0.3 is 0 Å². The molecule has 0 aliphatic rings. The second-order valence-electron chi connectivity index (χ2n) is 5.46. The van der Waals surface area contributed by atoms with E-state index in [1.165, 1.54) is 6.20 Å². The van der Waals surface area contributed by atoms with Gasteiger partial charge in [0.25, 0.3) is 5.91 Å². The Morgan fingerprint density at radius 3 is 2.67 bits per heavy atom. The normalized spacial score (nSPS) is 11.2. The van der Waals surface area contributed by atoms with Crippen molar-refractivity contribution in [1.29, 1.82) is 0 Å². The zero-order valence-electron chi connectivity index (χ0n) is 13.1. The van der Waals surface area contributed by atoms with Crippen molar-refractivity contribution in [2.24, 2.45) is 0 Å². The average Bonchev–Trinajstić information content (AvgIpc) is 2.42. The molecule has 0 fully saturated rings. The SMILES string of the molecule is CC(C)OCCCCNC(=O)c1nc(C(C)C)ncc1Cl. The van der Waals surface area contributed by atoms with E-state index in [2.05, 4.69) is 15.3 Å². The molecular formula is C15H24ClN3O2. The molecule has 21 heavy (non-hydrogen) atoms. The number of carbonyl (C=O) groups is 1. The molecule has 1 rings (SSSR count). The summed E-state index contributed by atoms with van der Waals surface area (Å²) >= 11 is 5.99. The van der Waals surface area contributed by atoms with Crippen LogP contribution in [-0.2, 0) is 4.74 Å². The van der Waals surface area contributed by atoms with Crippen LogP contribution in [0.15, 0.2) is 6.20 Å². The highest BCUT2D eigenvalue weighted by atomic mass is 35.5. The lowest BCUT2D eigenvalue weighted by Crippen LogP contribution is -2.26. The zero-order chi connectivity index (χ0) is 15.8. The lowest BCUT2D eigenvalue weighted by atomic mass is 10.2. The highest BCUT2D eigenvalue weighted by molar-refractivity contribution is 6.33. The highest BCUT2D eigenvalue weighted by Crippen LogP contribution is 2.16. The average molecular weight is 314 g/mol. The van der Waals surface area contributed by atoms with Gasteiger partial charge in [-0.05, 0) is 26.7 Å². The lowest BCUT2D eigenvalue weighted by molar-refractivity contribution is 0.0754. The van der Waals surface area contributed by atoms with Crippen LogP contribution in [0.2, 0.25) is 5.02 Å². The molecule has 0 aromatic carbocycles. The molecule has 1 aromatic rings. The predicted octanol–water partition coefficient (Wildman–Crippen LogP) is 3.19. The van der Waals surface area contributed by atoms with Crippen molar-refractivity contribution >= 4 is 17.5 Å². The Balaban J connectivity index is 2.43. The number of halogens is 1. The number of amides is 1. The Bertz CT molecular complexity index is 464. The van der Waals surface area contributed by atoms with Gasteiger partial charge in [-0.2, -0.15) is 0 Å². The number of ether oxygens (including phenoxy) is 1. The van der Waals surface area contributed by atoms with Crippen LogP contribution in [0.25, 0.3) is 0 Å². The quantitative estimate of drug-likeness (QED) is 0.749. The monoisotopic (exact) mass is 313 g/mol. The molecule has 1 aromatic heterocycles. The molecule has 0 saturated heterocycles. The van der Waals surface area contributed by atoms with E-state index >= 15 is 0 Å². The summed E-state index contributed by atoms with van der Waals surface area (Å²) in [4.78, 5) is 20.4. The molecule has 0 aliphatic carbocycles. The summed E-state index contributed by atoms with van der Waals surface area (Å²) < 4.78 is 5.44. The molecule has 0 aliphatic heterocycles. The smallest absolute Gasteiger partial charge is 0.271 e. The minimum absolute atomic E-state index is 0.155. The summed E-state index contributed by atoms with van der Waals surface area (Å²) in [6.45, 7) is 9.24. The maximum absolute atomic E-state index is 12.1. The van der Waals surface area contributed by atoms with Crippen molar-refractivity contribution in [3.63, 3.8) is 0 Å². The first kappa shape index (κ1) is 17.9. The Labute approximate surface area is 131 Å². The van der Waals surface area contributed by atoms with E-state index < -0.39 is 0 Å². The van der Waals surface area contributed by atoms with E-state index in [-0.39, 0.29) is 28.6 Å². The number of unbranched alkanes of at least 4 members (excludes halogenated alkanes) is 1. The molecule has 118 valence electrons. The standard InChI is InChI=1S/C15H24ClN3O2/c1-10(2)14-18-9-12(16)13(19-14)15(20)17-7-5-6-8-21-11(3)4/h9-11H,5-8H2,1-4H3,(H,17,20). The third kappa shape index (κ3) is 6.40. The number of rotatable bonds is 8. The number of nitrogens with one attached hydrogen (secondary N) is 1. The Morgan fingerprint density at radius 1 is 1.33 bits per heavy atom. The number of aromatic nitrogens is 2. The number of carbonyl (C=O) groups excluding carboxylic acids is 1. The third-order valence-corrected chi connectivity index (χ3v) is 3.08. The van der Waals surface area contributed by atoms with Crippen molar-refractivity contribution < 1.29 is 9.53 Å². The molecule has 1 amide bonds. The number of hydrogen-bond donors (Lipinski definition) is 1. The first-order valence-electron chi connectivity index (χ1n) is 7.34. The molecule has 5 nitrogen and oxygen atoms in total. The Hall–Kier alpha value is -1.20. The van der Waals surface area contributed by atoms with E-state index in [4.69, 9.17) is 16.3 Å². The number of nitrogens with zero attached hydrogens (tertiary/aromatic N) is 2. The maximum Gasteiger partial charge on any atom is 0.271 e. The topological polar surface area (TPSA) is 64.1 Å². The third-order valence-electron chi connectivity index (χ3n) is 2.80.